The second-order valence-corrected chi connectivity index (χ2v) is 5.30. The van der Waals surface area contributed by atoms with Gasteiger partial charge in [0.2, 0.25) is 5.82 Å². The molecule has 1 heterocycles. The topological polar surface area (TPSA) is 98.5 Å². The SMILES string of the molecule is Cc1cccc(-c2noc(-c3ccc(NC=C(C#N)C#N)cc3)n2)c1. The number of hydrogen-bond donors (Lipinski definition) is 1. The molecule has 1 aromatic heterocycles. The molecule has 120 valence electrons. The molecule has 0 aliphatic heterocycles. The summed E-state index contributed by atoms with van der Waals surface area (Å²) < 4.78 is 5.34. The first-order valence-electron chi connectivity index (χ1n) is 7.47. The molecule has 6 heteroatoms. The van der Waals surface area contributed by atoms with Crippen LogP contribution in [0.25, 0.3) is 22.8 Å². The molecule has 3 aromatic rings. The summed E-state index contributed by atoms with van der Waals surface area (Å²) >= 11 is 0. The van der Waals surface area contributed by atoms with E-state index in [4.69, 9.17) is 15.0 Å². The molecule has 0 aliphatic rings. The maximum atomic E-state index is 8.70. The van der Waals surface area contributed by atoms with E-state index in [9.17, 15) is 0 Å². The Balaban J connectivity index is 1.79. The number of hydrogen-bond acceptors (Lipinski definition) is 6. The van der Waals surface area contributed by atoms with E-state index in [-0.39, 0.29) is 5.57 Å². The fraction of sp³-hybridized carbons (Fsp3) is 0.0526. The molecule has 2 aromatic carbocycles. The summed E-state index contributed by atoms with van der Waals surface area (Å²) in [6, 6.07) is 18.7. The molecule has 0 aliphatic carbocycles. The standard InChI is InChI=1S/C19H13N5O/c1-13-3-2-4-16(9-13)18-23-19(25-24-18)15-5-7-17(8-6-15)22-12-14(10-20)11-21/h2-9,12,22H,1H3. The van der Waals surface area contributed by atoms with Gasteiger partial charge in [0.05, 0.1) is 0 Å². The summed E-state index contributed by atoms with van der Waals surface area (Å²) in [5.41, 5.74) is 3.55. The van der Waals surface area contributed by atoms with Crippen molar-refractivity contribution in [3.8, 4) is 35.0 Å². The molecule has 0 radical (unpaired) electrons. The number of nitrogens with zero attached hydrogens (tertiary/aromatic N) is 4. The summed E-state index contributed by atoms with van der Waals surface area (Å²) in [6.07, 6.45) is 1.36. The van der Waals surface area contributed by atoms with Gasteiger partial charge in [-0.15, -0.1) is 0 Å². The molecule has 25 heavy (non-hydrogen) atoms. The van der Waals surface area contributed by atoms with Crippen LogP contribution in [0.4, 0.5) is 5.69 Å². The zero-order valence-corrected chi connectivity index (χ0v) is 13.4. The average molecular weight is 327 g/mol. The van der Waals surface area contributed by atoms with Crippen molar-refractivity contribution < 1.29 is 4.52 Å². The Hall–Kier alpha value is -3.90. The highest BCUT2D eigenvalue weighted by Gasteiger charge is 2.10. The lowest BCUT2D eigenvalue weighted by molar-refractivity contribution is 0.432. The molecule has 1 N–H and O–H groups in total. The van der Waals surface area contributed by atoms with Crippen LogP contribution in [-0.2, 0) is 0 Å². The summed E-state index contributed by atoms with van der Waals surface area (Å²) in [7, 11) is 0. The Bertz CT molecular complexity index is 987. The predicted octanol–water partition coefficient (Wildman–Crippen LogP) is 4.05. The van der Waals surface area contributed by atoms with Crippen molar-refractivity contribution in [3.63, 3.8) is 0 Å². The molecular formula is C19H13N5O. The minimum Gasteiger partial charge on any atom is -0.360 e. The van der Waals surface area contributed by atoms with Crippen LogP contribution in [0, 0.1) is 29.6 Å². The molecule has 0 saturated heterocycles. The zero-order valence-electron chi connectivity index (χ0n) is 13.4. The number of nitriles is 2. The highest BCUT2D eigenvalue weighted by Crippen LogP contribution is 2.24. The van der Waals surface area contributed by atoms with Gasteiger partial charge in [-0.05, 0) is 37.3 Å². The van der Waals surface area contributed by atoms with Crippen molar-refractivity contribution >= 4 is 5.69 Å². The van der Waals surface area contributed by atoms with Gasteiger partial charge in [-0.3, -0.25) is 0 Å². The maximum absolute atomic E-state index is 8.70. The lowest BCUT2D eigenvalue weighted by atomic mass is 10.1. The molecule has 0 bridgehead atoms. The molecule has 0 fully saturated rings. The van der Waals surface area contributed by atoms with Crippen LogP contribution < -0.4 is 5.32 Å². The Labute approximate surface area is 144 Å². The Morgan fingerprint density at radius 1 is 1.08 bits per heavy atom. The number of rotatable bonds is 4. The fourth-order valence-corrected chi connectivity index (χ4v) is 2.20. The summed E-state index contributed by atoms with van der Waals surface area (Å²) in [4.78, 5) is 4.43. The summed E-state index contributed by atoms with van der Waals surface area (Å²) in [5.74, 6) is 0.963. The lowest BCUT2D eigenvalue weighted by Gasteiger charge is -2.01. The molecule has 6 nitrogen and oxygen atoms in total. The van der Waals surface area contributed by atoms with Crippen molar-refractivity contribution in [2.75, 3.05) is 5.32 Å². The number of aromatic nitrogens is 2. The fourth-order valence-electron chi connectivity index (χ4n) is 2.20. The molecule has 0 unspecified atom stereocenters. The van der Waals surface area contributed by atoms with Gasteiger partial charge in [-0.25, -0.2) is 0 Å². The number of nitrogens with one attached hydrogen (secondary N) is 1. The monoisotopic (exact) mass is 327 g/mol. The lowest BCUT2D eigenvalue weighted by Crippen LogP contribution is -1.89. The third kappa shape index (κ3) is 3.72. The van der Waals surface area contributed by atoms with E-state index in [1.54, 1.807) is 24.3 Å². The molecular weight excluding hydrogens is 314 g/mol. The number of allylic oxidation sites excluding steroid dienone is 1. The highest BCUT2D eigenvalue weighted by molar-refractivity contribution is 5.63. The van der Waals surface area contributed by atoms with Gasteiger partial charge in [-0.1, -0.05) is 28.9 Å². The van der Waals surface area contributed by atoms with Crippen molar-refractivity contribution in [1.29, 1.82) is 10.5 Å². The van der Waals surface area contributed by atoms with Crippen molar-refractivity contribution in [2.45, 2.75) is 6.92 Å². The van der Waals surface area contributed by atoms with Gasteiger partial charge >= 0.3 is 0 Å². The van der Waals surface area contributed by atoms with E-state index in [0.717, 1.165) is 22.4 Å². The first-order chi connectivity index (χ1) is 12.2. The van der Waals surface area contributed by atoms with Crippen LogP contribution >= 0.6 is 0 Å². The first-order valence-corrected chi connectivity index (χ1v) is 7.47. The van der Waals surface area contributed by atoms with Crippen LogP contribution in [0.1, 0.15) is 5.56 Å². The number of aryl methyl sites for hydroxylation is 1. The van der Waals surface area contributed by atoms with Crippen LogP contribution in [0.2, 0.25) is 0 Å². The quantitative estimate of drug-likeness (QED) is 0.726. The predicted molar refractivity (Wildman–Crippen MR) is 92.8 cm³/mol. The van der Waals surface area contributed by atoms with Crippen LogP contribution in [-0.4, -0.2) is 10.1 Å². The van der Waals surface area contributed by atoms with Gasteiger partial charge in [-0.2, -0.15) is 15.5 Å². The van der Waals surface area contributed by atoms with Gasteiger partial charge in [0.1, 0.15) is 17.7 Å². The molecule has 3 rings (SSSR count). The van der Waals surface area contributed by atoms with E-state index in [0.29, 0.717) is 11.7 Å². The van der Waals surface area contributed by atoms with E-state index >= 15 is 0 Å². The first kappa shape index (κ1) is 16.0. The third-order valence-corrected chi connectivity index (χ3v) is 3.46. The largest absolute Gasteiger partial charge is 0.360 e. The Morgan fingerprint density at radius 2 is 1.84 bits per heavy atom. The minimum atomic E-state index is 0.00349. The number of benzene rings is 2. The Kier molecular flexibility index (Phi) is 4.55. The normalized spacial score (nSPS) is 9.72. The van der Waals surface area contributed by atoms with Crippen LogP contribution in [0.5, 0.6) is 0 Å². The van der Waals surface area contributed by atoms with E-state index < -0.39 is 0 Å². The minimum absolute atomic E-state index is 0.00349. The van der Waals surface area contributed by atoms with E-state index in [1.165, 1.54) is 6.20 Å². The maximum Gasteiger partial charge on any atom is 0.258 e. The van der Waals surface area contributed by atoms with Crippen molar-refractivity contribution in [2.24, 2.45) is 0 Å². The average Bonchev–Trinajstić information content (AvgIpc) is 3.13. The van der Waals surface area contributed by atoms with Crippen LogP contribution in [0.15, 0.2) is 64.8 Å². The zero-order chi connectivity index (χ0) is 17.6. The number of anilines is 1. The van der Waals surface area contributed by atoms with Crippen LogP contribution in [0.3, 0.4) is 0 Å². The van der Waals surface area contributed by atoms with Gasteiger partial charge in [0.25, 0.3) is 5.89 Å². The molecule has 0 amide bonds. The third-order valence-electron chi connectivity index (χ3n) is 3.46. The second kappa shape index (κ2) is 7.12. The highest BCUT2D eigenvalue weighted by atomic mass is 16.5. The molecule has 0 atom stereocenters. The van der Waals surface area contributed by atoms with E-state index in [2.05, 4.69) is 15.5 Å². The molecule has 0 saturated carbocycles. The van der Waals surface area contributed by atoms with E-state index in [1.807, 2.05) is 43.3 Å². The Morgan fingerprint density at radius 3 is 2.52 bits per heavy atom. The summed E-state index contributed by atoms with van der Waals surface area (Å²) in [6.45, 7) is 2.01. The van der Waals surface area contributed by atoms with Gasteiger partial charge < -0.3 is 9.84 Å². The van der Waals surface area contributed by atoms with Gasteiger partial charge in [0.15, 0.2) is 0 Å². The second-order valence-electron chi connectivity index (χ2n) is 5.30. The smallest absolute Gasteiger partial charge is 0.258 e. The summed E-state index contributed by atoms with van der Waals surface area (Å²) in [5, 5.41) is 24.3. The van der Waals surface area contributed by atoms with Crippen molar-refractivity contribution in [3.05, 3.63) is 65.9 Å². The van der Waals surface area contributed by atoms with Gasteiger partial charge in [0, 0.05) is 23.0 Å². The van der Waals surface area contributed by atoms with Crippen molar-refractivity contribution in [1.82, 2.24) is 10.1 Å². The molecule has 0 spiro atoms.